The fraction of sp³-hybridized carbons (Fsp3) is 0.500. The molecule has 1 heterocycles. The van der Waals surface area contributed by atoms with Crippen molar-refractivity contribution < 1.29 is 19.0 Å². The number of rotatable bonds is 4. The molecule has 0 bridgehead atoms. The molecule has 7 heteroatoms. The standard InChI is InChI=1S/C14H15Cl3O4/c1-8(20-13-4-2-3-5-19-13)14(18)21-12-7-10(16)9(15)6-11(12)17/h6-8,13H,2-5H2,1H3. The van der Waals surface area contributed by atoms with Gasteiger partial charge in [0, 0.05) is 12.7 Å². The first-order valence-corrected chi connectivity index (χ1v) is 7.74. The van der Waals surface area contributed by atoms with Crippen LogP contribution in [-0.4, -0.2) is 25.0 Å². The van der Waals surface area contributed by atoms with Crippen molar-refractivity contribution in [3.05, 3.63) is 27.2 Å². The van der Waals surface area contributed by atoms with Crippen LogP contribution in [0.5, 0.6) is 5.75 Å². The molecule has 2 rings (SSSR count). The topological polar surface area (TPSA) is 44.8 Å². The Morgan fingerprint density at radius 1 is 1.24 bits per heavy atom. The molecule has 0 N–H and O–H groups in total. The van der Waals surface area contributed by atoms with Gasteiger partial charge in [-0.25, -0.2) is 4.79 Å². The Morgan fingerprint density at radius 2 is 1.95 bits per heavy atom. The Hall–Kier alpha value is -0.520. The number of hydrogen-bond acceptors (Lipinski definition) is 4. The number of ether oxygens (including phenoxy) is 3. The van der Waals surface area contributed by atoms with Crippen LogP contribution >= 0.6 is 34.8 Å². The minimum atomic E-state index is -0.765. The van der Waals surface area contributed by atoms with Gasteiger partial charge in [0.25, 0.3) is 0 Å². The average molecular weight is 354 g/mol. The van der Waals surface area contributed by atoms with Gasteiger partial charge in [-0.15, -0.1) is 0 Å². The Kier molecular flexibility index (Phi) is 6.14. The molecule has 0 amide bonds. The van der Waals surface area contributed by atoms with E-state index in [9.17, 15) is 4.79 Å². The largest absolute Gasteiger partial charge is 0.423 e. The zero-order valence-corrected chi connectivity index (χ0v) is 13.7. The van der Waals surface area contributed by atoms with Crippen LogP contribution in [0.25, 0.3) is 0 Å². The summed E-state index contributed by atoms with van der Waals surface area (Å²) in [6.07, 6.45) is 1.66. The van der Waals surface area contributed by atoms with Crippen LogP contribution < -0.4 is 4.74 Å². The third-order valence-electron chi connectivity index (χ3n) is 3.01. The molecule has 1 aromatic carbocycles. The quantitative estimate of drug-likeness (QED) is 0.455. The molecule has 0 aromatic heterocycles. The predicted octanol–water partition coefficient (Wildman–Crippen LogP) is 4.48. The van der Waals surface area contributed by atoms with Gasteiger partial charge in [0.05, 0.1) is 15.1 Å². The highest BCUT2D eigenvalue weighted by atomic mass is 35.5. The van der Waals surface area contributed by atoms with E-state index in [4.69, 9.17) is 49.0 Å². The Morgan fingerprint density at radius 3 is 2.62 bits per heavy atom. The predicted molar refractivity (Wildman–Crippen MR) is 81.2 cm³/mol. The van der Waals surface area contributed by atoms with Gasteiger partial charge in [0.2, 0.25) is 0 Å². The Balaban J connectivity index is 1.95. The normalized spacial score (nSPS) is 20.1. The smallest absolute Gasteiger partial charge is 0.340 e. The van der Waals surface area contributed by atoms with Crippen LogP contribution in [0.1, 0.15) is 26.2 Å². The lowest BCUT2D eigenvalue weighted by atomic mass is 10.2. The van der Waals surface area contributed by atoms with E-state index < -0.39 is 12.1 Å². The maximum atomic E-state index is 12.0. The Labute approximate surface area is 138 Å². The second-order valence-corrected chi connectivity index (χ2v) is 5.91. The average Bonchev–Trinajstić information content (AvgIpc) is 2.45. The van der Waals surface area contributed by atoms with Crippen LogP contribution in [0.3, 0.4) is 0 Å². The maximum Gasteiger partial charge on any atom is 0.340 e. The van der Waals surface area contributed by atoms with Crippen LogP contribution in [0.15, 0.2) is 12.1 Å². The van der Waals surface area contributed by atoms with Crippen molar-refractivity contribution in [3.63, 3.8) is 0 Å². The fourth-order valence-electron chi connectivity index (χ4n) is 1.88. The molecule has 1 aliphatic rings. The van der Waals surface area contributed by atoms with Gasteiger partial charge in [0.15, 0.2) is 18.1 Å². The SMILES string of the molecule is CC(OC1CCCCO1)C(=O)Oc1cc(Cl)c(Cl)cc1Cl. The monoisotopic (exact) mass is 352 g/mol. The summed E-state index contributed by atoms with van der Waals surface area (Å²) in [7, 11) is 0. The number of esters is 1. The summed E-state index contributed by atoms with van der Waals surface area (Å²) in [6.45, 7) is 2.25. The fourth-order valence-corrected chi connectivity index (χ4v) is 2.45. The highest BCUT2D eigenvalue weighted by Gasteiger charge is 2.24. The van der Waals surface area contributed by atoms with E-state index in [2.05, 4.69) is 0 Å². The van der Waals surface area contributed by atoms with Gasteiger partial charge < -0.3 is 14.2 Å². The molecule has 0 saturated carbocycles. The third kappa shape index (κ3) is 4.73. The van der Waals surface area contributed by atoms with Crippen molar-refractivity contribution in [2.45, 2.75) is 38.6 Å². The number of halogens is 3. The summed E-state index contributed by atoms with van der Waals surface area (Å²) in [5.74, 6) is -0.416. The number of carbonyl (C=O) groups is 1. The molecule has 2 unspecified atom stereocenters. The molecule has 21 heavy (non-hydrogen) atoms. The van der Waals surface area contributed by atoms with Crippen LogP contribution in [0, 0.1) is 0 Å². The van der Waals surface area contributed by atoms with Crippen LogP contribution in [0.2, 0.25) is 15.1 Å². The summed E-state index contributed by atoms with van der Waals surface area (Å²) in [5.41, 5.74) is 0. The van der Waals surface area contributed by atoms with Gasteiger partial charge in [-0.1, -0.05) is 34.8 Å². The molecule has 1 aromatic rings. The van der Waals surface area contributed by atoms with Gasteiger partial charge in [-0.2, -0.15) is 0 Å². The summed E-state index contributed by atoms with van der Waals surface area (Å²) < 4.78 is 16.1. The van der Waals surface area contributed by atoms with Crippen molar-refractivity contribution >= 4 is 40.8 Å². The molecule has 4 nitrogen and oxygen atoms in total. The highest BCUT2D eigenvalue weighted by molar-refractivity contribution is 6.43. The molecule has 116 valence electrons. The molecule has 1 aliphatic heterocycles. The highest BCUT2D eigenvalue weighted by Crippen LogP contribution is 2.34. The van der Waals surface area contributed by atoms with E-state index in [-0.39, 0.29) is 22.1 Å². The minimum Gasteiger partial charge on any atom is -0.423 e. The maximum absolute atomic E-state index is 12.0. The number of carbonyl (C=O) groups excluding carboxylic acids is 1. The third-order valence-corrected chi connectivity index (χ3v) is 4.03. The van der Waals surface area contributed by atoms with Crippen molar-refractivity contribution in [2.24, 2.45) is 0 Å². The van der Waals surface area contributed by atoms with Crippen LogP contribution in [0.4, 0.5) is 0 Å². The molecule has 1 saturated heterocycles. The molecule has 1 fully saturated rings. The van der Waals surface area contributed by atoms with E-state index in [0.29, 0.717) is 11.6 Å². The molecular formula is C14H15Cl3O4. The first-order chi connectivity index (χ1) is 9.97. The molecular weight excluding hydrogens is 339 g/mol. The second kappa shape index (κ2) is 7.65. The molecule has 0 radical (unpaired) electrons. The van der Waals surface area contributed by atoms with E-state index in [0.717, 1.165) is 19.3 Å². The molecule has 0 spiro atoms. The van der Waals surface area contributed by atoms with Crippen molar-refractivity contribution in [2.75, 3.05) is 6.61 Å². The van der Waals surface area contributed by atoms with Gasteiger partial charge in [-0.3, -0.25) is 0 Å². The summed E-state index contributed by atoms with van der Waals surface area (Å²) in [4.78, 5) is 12.0. The van der Waals surface area contributed by atoms with Crippen molar-refractivity contribution in [1.29, 1.82) is 0 Å². The van der Waals surface area contributed by atoms with E-state index in [1.165, 1.54) is 12.1 Å². The van der Waals surface area contributed by atoms with E-state index in [1.54, 1.807) is 6.92 Å². The lowest BCUT2D eigenvalue weighted by Gasteiger charge is -2.25. The Bertz CT molecular complexity index is 515. The lowest BCUT2D eigenvalue weighted by molar-refractivity contribution is -0.195. The summed E-state index contributed by atoms with van der Waals surface area (Å²) >= 11 is 17.6. The van der Waals surface area contributed by atoms with Crippen LogP contribution in [-0.2, 0) is 14.3 Å². The first-order valence-electron chi connectivity index (χ1n) is 6.60. The summed E-state index contributed by atoms with van der Waals surface area (Å²) in [5, 5.41) is 0.758. The molecule has 2 atom stereocenters. The van der Waals surface area contributed by atoms with E-state index in [1.807, 2.05) is 0 Å². The number of benzene rings is 1. The van der Waals surface area contributed by atoms with Gasteiger partial charge in [-0.05, 0) is 32.3 Å². The zero-order valence-electron chi connectivity index (χ0n) is 11.4. The second-order valence-electron chi connectivity index (χ2n) is 4.69. The zero-order chi connectivity index (χ0) is 15.4. The van der Waals surface area contributed by atoms with Crippen molar-refractivity contribution in [3.8, 4) is 5.75 Å². The molecule has 0 aliphatic carbocycles. The minimum absolute atomic E-state index is 0.149. The van der Waals surface area contributed by atoms with Crippen molar-refractivity contribution in [1.82, 2.24) is 0 Å². The lowest BCUT2D eigenvalue weighted by Crippen LogP contribution is -2.33. The van der Waals surface area contributed by atoms with E-state index >= 15 is 0 Å². The first kappa shape index (κ1) is 16.8. The van der Waals surface area contributed by atoms with Gasteiger partial charge in [0.1, 0.15) is 0 Å². The summed E-state index contributed by atoms with van der Waals surface area (Å²) in [6, 6.07) is 2.82. The number of hydrogen-bond donors (Lipinski definition) is 0. The van der Waals surface area contributed by atoms with Gasteiger partial charge >= 0.3 is 5.97 Å².